The first-order chi connectivity index (χ1) is 13.4. The molecular formula is C9H9ClFLi4N2O14P3. The SMILES string of the molecule is O=c1ccn([C@@H]2O[C@H](COP(=O)([O-])OP(=O)([O-])OP(=O)([O-])[O-])[C@@H](O)[C@]2(F)Cl)c(=O)[nH]1.[Li+].[Li+].[Li+].[Li+]. The second-order valence-electron chi connectivity index (χ2n) is 5.46. The number of aromatic nitrogens is 2. The van der Waals surface area contributed by atoms with Crippen LogP contribution >= 0.6 is 35.1 Å². The molecule has 16 nitrogen and oxygen atoms in total. The van der Waals surface area contributed by atoms with Gasteiger partial charge < -0.3 is 38.5 Å². The van der Waals surface area contributed by atoms with Crippen molar-refractivity contribution in [2.24, 2.45) is 0 Å². The number of alkyl halides is 2. The quantitative estimate of drug-likeness (QED) is 0.175. The number of aromatic amines is 1. The van der Waals surface area contributed by atoms with E-state index in [-0.39, 0.29) is 75.4 Å². The molecule has 1 aliphatic rings. The molecule has 0 bridgehead atoms. The van der Waals surface area contributed by atoms with Crippen molar-refractivity contribution >= 4 is 35.1 Å². The predicted molar refractivity (Wildman–Crippen MR) is 81.9 cm³/mol. The van der Waals surface area contributed by atoms with Crippen LogP contribution in [0.5, 0.6) is 0 Å². The Bertz CT molecular complexity index is 1070. The average molecular weight is 544 g/mol. The van der Waals surface area contributed by atoms with Gasteiger partial charge in [-0.05, 0) is 0 Å². The van der Waals surface area contributed by atoms with Crippen LogP contribution in [0.3, 0.4) is 0 Å². The maximum absolute atomic E-state index is 14.7. The Morgan fingerprint density at radius 2 is 1.65 bits per heavy atom. The number of rotatable bonds is 8. The molecule has 25 heteroatoms. The van der Waals surface area contributed by atoms with Gasteiger partial charge in [0.2, 0.25) is 0 Å². The van der Waals surface area contributed by atoms with Gasteiger partial charge in [0.15, 0.2) is 6.23 Å². The number of nitrogens with one attached hydrogen (secondary N) is 1. The van der Waals surface area contributed by atoms with E-state index in [1.54, 1.807) is 4.98 Å². The van der Waals surface area contributed by atoms with Crippen LogP contribution in [0.1, 0.15) is 6.23 Å². The van der Waals surface area contributed by atoms with E-state index < -0.39 is 64.9 Å². The smallest absolute Gasteiger partial charge is 0.790 e. The molecule has 1 aromatic rings. The number of aliphatic hydroxyl groups is 1. The van der Waals surface area contributed by atoms with Crippen LogP contribution in [0, 0.1) is 0 Å². The van der Waals surface area contributed by atoms with Crippen molar-refractivity contribution < 1.29 is 136 Å². The van der Waals surface area contributed by atoms with E-state index in [1.165, 1.54) is 0 Å². The van der Waals surface area contributed by atoms with Crippen molar-refractivity contribution in [3.8, 4) is 0 Å². The molecule has 1 saturated heterocycles. The Morgan fingerprint density at radius 3 is 2.12 bits per heavy atom. The van der Waals surface area contributed by atoms with Crippen LogP contribution in [0.15, 0.2) is 21.9 Å². The minimum atomic E-state index is -6.23. The number of phosphoric ester groups is 1. The van der Waals surface area contributed by atoms with Gasteiger partial charge in [-0.2, -0.15) is 0 Å². The zero-order valence-corrected chi connectivity index (χ0v) is 21.3. The Balaban J connectivity index is -0.00000240. The molecular weight excluding hydrogens is 535 g/mol. The van der Waals surface area contributed by atoms with E-state index in [4.69, 9.17) is 16.3 Å². The summed E-state index contributed by atoms with van der Waals surface area (Å²) in [6.07, 6.45) is -5.64. The molecule has 0 aliphatic carbocycles. The van der Waals surface area contributed by atoms with Gasteiger partial charge >= 0.3 is 81.1 Å². The first kappa shape index (κ1) is 40.1. The third-order valence-electron chi connectivity index (χ3n) is 3.28. The molecule has 2 N–H and O–H groups in total. The number of aliphatic hydroxyl groups excluding tert-OH is 1. The fourth-order valence-electron chi connectivity index (χ4n) is 2.17. The van der Waals surface area contributed by atoms with Crippen LogP contribution < -0.4 is 106 Å². The molecule has 1 fully saturated rings. The van der Waals surface area contributed by atoms with Gasteiger partial charge in [0.25, 0.3) is 26.3 Å². The number of hydrogen-bond acceptors (Lipinski definition) is 14. The number of hydrogen-bond donors (Lipinski definition) is 2. The molecule has 0 amide bonds. The van der Waals surface area contributed by atoms with E-state index in [1.807, 2.05) is 0 Å². The standard InChI is InChI=1S/C9H13ClFN2O14P3.4Li/c10-9(11)6(15)4(25-7(9)13-2-1-5(14)12-8(13)16)3-24-29(20,21)27-30(22,23)26-28(17,18)19;;;;/h1-2,4,6-7,15H,3H2,(H,20,21)(H,22,23)(H,12,14,16)(H2,17,18,19);;;;/q;4*+1/p-4/t4-,6-,7-,9-;;;;/m1..../s1. The largest absolute Gasteiger partial charge is 1.00 e. The first-order valence-electron chi connectivity index (χ1n) is 7.18. The molecule has 0 aromatic carbocycles. The summed E-state index contributed by atoms with van der Waals surface area (Å²) < 4.78 is 63.1. The van der Waals surface area contributed by atoms with Crippen molar-refractivity contribution in [2.45, 2.75) is 23.6 Å². The minimum Gasteiger partial charge on any atom is -0.790 e. The Hall–Kier alpha value is 1.62. The summed E-state index contributed by atoms with van der Waals surface area (Å²) in [6.45, 7) is -1.35. The predicted octanol–water partition coefficient (Wildman–Crippen LogP) is -15.5. The summed E-state index contributed by atoms with van der Waals surface area (Å²) in [7, 11) is -18.4. The summed E-state index contributed by atoms with van der Waals surface area (Å²) in [6, 6.07) is 0.782. The molecule has 2 unspecified atom stereocenters. The molecule has 1 aromatic heterocycles. The number of ether oxygens (including phenoxy) is 1. The van der Waals surface area contributed by atoms with E-state index in [2.05, 4.69) is 13.1 Å². The van der Waals surface area contributed by atoms with E-state index in [9.17, 15) is 52.4 Å². The zero-order valence-electron chi connectivity index (χ0n) is 17.9. The second kappa shape index (κ2) is 14.7. The zero-order chi connectivity index (χ0) is 23.1. The van der Waals surface area contributed by atoms with E-state index >= 15 is 0 Å². The Morgan fingerprint density at radius 1 is 1.12 bits per heavy atom. The second-order valence-corrected chi connectivity index (χ2v) is 10.3. The molecule has 0 radical (unpaired) electrons. The normalized spacial score (nSPS) is 27.6. The summed E-state index contributed by atoms with van der Waals surface area (Å²) in [5, 5.41) is 6.63. The monoisotopic (exact) mass is 544 g/mol. The van der Waals surface area contributed by atoms with Crippen LogP contribution in [-0.2, 0) is 31.6 Å². The van der Waals surface area contributed by atoms with Gasteiger partial charge in [0.05, 0.1) is 14.4 Å². The maximum atomic E-state index is 14.7. The van der Waals surface area contributed by atoms with Crippen LogP contribution in [0.2, 0.25) is 0 Å². The van der Waals surface area contributed by atoms with Gasteiger partial charge in [-0.3, -0.25) is 27.8 Å². The summed E-state index contributed by atoms with van der Waals surface area (Å²) in [5.74, 6) is 0. The number of H-pyrrole nitrogens is 1. The fraction of sp³-hybridized carbons (Fsp3) is 0.556. The third-order valence-corrected chi connectivity index (χ3v) is 7.36. The van der Waals surface area contributed by atoms with Crippen molar-refractivity contribution in [2.75, 3.05) is 6.61 Å². The number of halogens is 2. The molecule has 0 saturated carbocycles. The average Bonchev–Trinajstić information content (AvgIpc) is 2.73. The molecule has 6 atom stereocenters. The van der Waals surface area contributed by atoms with E-state index in [0.717, 1.165) is 12.3 Å². The van der Waals surface area contributed by atoms with Crippen molar-refractivity contribution in [3.05, 3.63) is 33.1 Å². The Labute approximate surface area is 242 Å². The topological polar surface area (TPSA) is 255 Å². The van der Waals surface area contributed by atoms with Crippen LogP contribution in [0.25, 0.3) is 0 Å². The number of nitrogens with zero attached hydrogens (tertiary/aromatic N) is 1. The van der Waals surface area contributed by atoms with E-state index in [0.29, 0.717) is 4.57 Å². The molecule has 2 heterocycles. The molecule has 2 rings (SSSR count). The van der Waals surface area contributed by atoms with Crippen molar-refractivity contribution in [1.29, 1.82) is 0 Å². The van der Waals surface area contributed by atoms with Gasteiger partial charge in [0.1, 0.15) is 12.2 Å². The van der Waals surface area contributed by atoms with Crippen molar-refractivity contribution in [1.82, 2.24) is 9.55 Å². The fourth-order valence-corrected chi connectivity index (χ4v) is 5.33. The van der Waals surface area contributed by atoms with Gasteiger partial charge in [-0.25, -0.2) is 13.5 Å². The summed E-state index contributed by atoms with van der Waals surface area (Å²) >= 11 is 5.51. The van der Waals surface area contributed by atoms with Gasteiger partial charge in [-0.1, -0.05) is 11.6 Å². The van der Waals surface area contributed by atoms with Crippen LogP contribution in [-0.4, -0.2) is 38.6 Å². The van der Waals surface area contributed by atoms with Crippen molar-refractivity contribution in [3.63, 3.8) is 0 Å². The van der Waals surface area contributed by atoms with Crippen LogP contribution in [0.4, 0.5) is 4.39 Å². The molecule has 34 heavy (non-hydrogen) atoms. The molecule has 1 aliphatic heterocycles. The summed E-state index contributed by atoms with van der Waals surface area (Å²) in [4.78, 5) is 67.6. The first-order valence-corrected chi connectivity index (χ1v) is 11.9. The third kappa shape index (κ3) is 11.2. The summed E-state index contributed by atoms with van der Waals surface area (Å²) in [5.41, 5.74) is -2.06. The molecule has 0 spiro atoms. The minimum absolute atomic E-state index is 0. The number of phosphoric acid groups is 3. The van der Waals surface area contributed by atoms with Gasteiger partial charge in [-0.15, -0.1) is 0 Å². The van der Waals surface area contributed by atoms with Gasteiger partial charge in [0, 0.05) is 12.3 Å². The Kier molecular flexibility index (Phi) is 17.3. The maximum Gasteiger partial charge on any atom is 1.00 e. The molecule has 172 valence electrons.